The normalized spacial score (nSPS) is 15.6. The number of nitrogens with zero attached hydrogens (tertiary/aromatic N) is 5. The third kappa shape index (κ3) is 3.84. The maximum atomic E-state index is 9.11. The standard InChI is InChI=1S/C22H21N7S/c23-12-15-5-6-17-13-29(10-7-16(17)11-15)20-4-1-3-18(26-20)19-14-30-22(27-19)28-21-24-8-2-9-25-21/h1,3-6,11,14H,2,7-10,13H2,(H2,24,25,27,28). The van der Waals surface area contributed by atoms with Crippen molar-refractivity contribution in [3.05, 3.63) is 58.5 Å². The molecule has 0 amide bonds. The Labute approximate surface area is 179 Å². The number of nitrogens with one attached hydrogen (secondary N) is 2. The van der Waals surface area contributed by atoms with Gasteiger partial charge in [0.05, 0.1) is 17.3 Å². The lowest BCUT2D eigenvalue weighted by Gasteiger charge is -2.30. The van der Waals surface area contributed by atoms with Gasteiger partial charge in [-0.3, -0.25) is 4.99 Å². The van der Waals surface area contributed by atoms with E-state index in [2.05, 4.69) is 32.7 Å². The van der Waals surface area contributed by atoms with E-state index < -0.39 is 0 Å². The van der Waals surface area contributed by atoms with Gasteiger partial charge in [-0.1, -0.05) is 12.1 Å². The number of benzene rings is 1. The van der Waals surface area contributed by atoms with Gasteiger partial charge in [0.25, 0.3) is 0 Å². The molecule has 4 heterocycles. The second-order valence-corrected chi connectivity index (χ2v) is 8.18. The molecule has 5 rings (SSSR count). The first-order valence-electron chi connectivity index (χ1n) is 10.0. The Balaban J connectivity index is 1.33. The minimum absolute atomic E-state index is 0.727. The van der Waals surface area contributed by atoms with E-state index in [1.54, 1.807) is 11.3 Å². The molecule has 0 fully saturated rings. The smallest absolute Gasteiger partial charge is 0.197 e. The lowest BCUT2D eigenvalue weighted by Crippen LogP contribution is -2.35. The molecular formula is C22H21N7S. The Bertz CT molecular complexity index is 1140. The van der Waals surface area contributed by atoms with Crippen LogP contribution in [0.15, 0.2) is 46.8 Å². The van der Waals surface area contributed by atoms with Crippen molar-refractivity contribution in [3.63, 3.8) is 0 Å². The van der Waals surface area contributed by atoms with Crippen molar-refractivity contribution < 1.29 is 0 Å². The zero-order valence-electron chi connectivity index (χ0n) is 16.4. The fourth-order valence-corrected chi connectivity index (χ4v) is 4.43. The Morgan fingerprint density at radius 3 is 2.97 bits per heavy atom. The van der Waals surface area contributed by atoms with Crippen LogP contribution in [0.25, 0.3) is 11.4 Å². The van der Waals surface area contributed by atoms with E-state index in [0.717, 1.165) is 72.9 Å². The van der Waals surface area contributed by atoms with Crippen molar-refractivity contribution >= 4 is 28.2 Å². The average molecular weight is 416 g/mol. The number of pyridine rings is 1. The molecule has 0 unspecified atom stereocenters. The van der Waals surface area contributed by atoms with Gasteiger partial charge in [0.2, 0.25) is 0 Å². The number of guanidine groups is 1. The lowest BCUT2D eigenvalue weighted by atomic mass is 9.97. The highest BCUT2D eigenvalue weighted by Gasteiger charge is 2.19. The number of fused-ring (bicyclic) bond motifs is 1. The van der Waals surface area contributed by atoms with E-state index in [-0.39, 0.29) is 0 Å². The van der Waals surface area contributed by atoms with Crippen molar-refractivity contribution in [2.45, 2.75) is 19.4 Å². The van der Waals surface area contributed by atoms with Gasteiger partial charge in [-0.05, 0) is 48.2 Å². The zero-order valence-corrected chi connectivity index (χ0v) is 17.2. The summed E-state index contributed by atoms with van der Waals surface area (Å²) in [6, 6.07) is 14.3. The first-order chi connectivity index (χ1) is 14.8. The van der Waals surface area contributed by atoms with Crippen LogP contribution in [0.5, 0.6) is 0 Å². The summed E-state index contributed by atoms with van der Waals surface area (Å²) >= 11 is 1.55. The number of aromatic nitrogens is 2. The fourth-order valence-electron chi connectivity index (χ4n) is 3.73. The second-order valence-electron chi connectivity index (χ2n) is 7.32. The van der Waals surface area contributed by atoms with Crippen LogP contribution in [0.4, 0.5) is 10.9 Å². The van der Waals surface area contributed by atoms with Crippen molar-refractivity contribution in [1.82, 2.24) is 15.3 Å². The van der Waals surface area contributed by atoms with Crippen molar-refractivity contribution in [2.24, 2.45) is 4.99 Å². The molecule has 0 atom stereocenters. The molecule has 2 aromatic heterocycles. The Morgan fingerprint density at radius 1 is 1.13 bits per heavy atom. The van der Waals surface area contributed by atoms with Crippen LogP contribution in [0.2, 0.25) is 0 Å². The predicted molar refractivity (Wildman–Crippen MR) is 120 cm³/mol. The maximum Gasteiger partial charge on any atom is 0.197 e. The van der Waals surface area contributed by atoms with Crippen LogP contribution in [-0.2, 0) is 13.0 Å². The summed E-state index contributed by atoms with van der Waals surface area (Å²) < 4.78 is 0. The molecule has 2 aliphatic rings. The van der Waals surface area contributed by atoms with Gasteiger partial charge in [-0.15, -0.1) is 11.3 Å². The van der Waals surface area contributed by atoms with Gasteiger partial charge < -0.3 is 15.5 Å². The summed E-state index contributed by atoms with van der Waals surface area (Å²) in [5, 5.41) is 18.4. The molecule has 0 saturated carbocycles. The topological polar surface area (TPSA) is 89.2 Å². The minimum atomic E-state index is 0.727. The summed E-state index contributed by atoms with van der Waals surface area (Å²) in [5.41, 5.74) is 4.96. The van der Waals surface area contributed by atoms with Crippen LogP contribution >= 0.6 is 11.3 Å². The molecule has 0 radical (unpaired) electrons. The third-order valence-corrected chi connectivity index (χ3v) is 6.05. The van der Waals surface area contributed by atoms with Crippen LogP contribution in [0.3, 0.4) is 0 Å². The highest BCUT2D eigenvalue weighted by molar-refractivity contribution is 7.14. The fraction of sp³-hybridized carbons (Fsp3) is 0.273. The van der Waals surface area contributed by atoms with Crippen molar-refractivity contribution in [3.8, 4) is 17.5 Å². The molecule has 150 valence electrons. The van der Waals surface area contributed by atoms with E-state index in [9.17, 15) is 0 Å². The summed E-state index contributed by atoms with van der Waals surface area (Å²) in [5.74, 6) is 1.73. The van der Waals surface area contributed by atoms with Gasteiger partial charge in [0.15, 0.2) is 11.1 Å². The largest absolute Gasteiger partial charge is 0.356 e. The molecule has 0 bridgehead atoms. The van der Waals surface area contributed by atoms with Gasteiger partial charge in [0.1, 0.15) is 11.5 Å². The molecule has 3 aromatic rings. The van der Waals surface area contributed by atoms with Crippen LogP contribution in [0, 0.1) is 11.3 Å². The highest BCUT2D eigenvalue weighted by Crippen LogP contribution is 2.28. The zero-order chi connectivity index (χ0) is 20.3. The molecule has 0 aliphatic carbocycles. The maximum absolute atomic E-state index is 9.11. The monoisotopic (exact) mass is 415 g/mol. The minimum Gasteiger partial charge on any atom is -0.356 e. The SMILES string of the molecule is N#Cc1ccc2c(c1)CCN(c1cccc(-c3csc(NC4=NCCCN4)n3)n1)C2. The van der Waals surface area contributed by atoms with E-state index in [1.807, 2.05) is 35.7 Å². The van der Waals surface area contributed by atoms with E-state index in [1.165, 1.54) is 11.1 Å². The summed E-state index contributed by atoms with van der Waals surface area (Å²) in [4.78, 5) is 16.3. The first kappa shape index (κ1) is 18.6. The van der Waals surface area contributed by atoms with Crippen LogP contribution < -0.4 is 15.5 Å². The van der Waals surface area contributed by atoms with E-state index in [4.69, 9.17) is 15.2 Å². The van der Waals surface area contributed by atoms with Crippen molar-refractivity contribution in [2.75, 3.05) is 29.9 Å². The van der Waals surface area contributed by atoms with Crippen LogP contribution in [-0.4, -0.2) is 35.6 Å². The molecule has 0 spiro atoms. The summed E-state index contributed by atoms with van der Waals surface area (Å²) in [7, 11) is 0. The number of rotatable bonds is 3. The number of thiazole rings is 1. The lowest BCUT2D eigenvalue weighted by molar-refractivity contribution is 0.721. The molecule has 8 heteroatoms. The Kier molecular flexibility index (Phi) is 5.03. The Hall–Kier alpha value is -3.44. The summed E-state index contributed by atoms with van der Waals surface area (Å²) in [6.07, 6.45) is 1.97. The molecule has 30 heavy (non-hydrogen) atoms. The number of nitriles is 1. The van der Waals surface area contributed by atoms with E-state index >= 15 is 0 Å². The van der Waals surface area contributed by atoms with Gasteiger partial charge in [0, 0.05) is 31.6 Å². The molecule has 1 aromatic carbocycles. The number of hydrogen-bond acceptors (Lipinski definition) is 8. The molecule has 7 nitrogen and oxygen atoms in total. The van der Waals surface area contributed by atoms with Crippen molar-refractivity contribution in [1.29, 1.82) is 5.26 Å². The molecule has 2 aliphatic heterocycles. The number of aliphatic imine (C=N–C) groups is 1. The van der Waals surface area contributed by atoms with E-state index in [0.29, 0.717) is 0 Å². The molecule has 0 saturated heterocycles. The number of anilines is 2. The third-order valence-electron chi connectivity index (χ3n) is 5.30. The second kappa shape index (κ2) is 8.13. The highest BCUT2D eigenvalue weighted by atomic mass is 32.1. The predicted octanol–water partition coefficient (Wildman–Crippen LogP) is 3.40. The van der Waals surface area contributed by atoms with Gasteiger partial charge >= 0.3 is 0 Å². The molecule has 2 N–H and O–H groups in total. The van der Waals surface area contributed by atoms with Gasteiger partial charge in [-0.2, -0.15) is 5.26 Å². The number of hydrogen-bond donors (Lipinski definition) is 2. The molecular weight excluding hydrogens is 394 g/mol. The van der Waals surface area contributed by atoms with Crippen LogP contribution in [0.1, 0.15) is 23.1 Å². The average Bonchev–Trinajstić information content (AvgIpc) is 3.27. The Morgan fingerprint density at radius 2 is 2.10 bits per heavy atom. The first-order valence-corrected chi connectivity index (χ1v) is 10.9. The quantitative estimate of drug-likeness (QED) is 0.682. The van der Waals surface area contributed by atoms with Gasteiger partial charge in [-0.25, -0.2) is 9.97 Å². The summed E-state index contributed by atoms with van der Waals surface area (Å²) in [6.45, 7) is 3.46.